The lowest BCUT2D eigenvalue weighted by molar-refractivity contribution is 0.0738. The smallest absolute Gasteiger partial charge is 0.278 e. The fraction of sp³-hybridized carbons (Fsp3) is 0.379. The maximum atomic E-state index is 13.7. The Labute approximate surface area is 221 Å². The minimum absolute atomic E-state index is 0.117. The zero-order chi connectivity index (χ0) is 26.4. The van der Waals surface area contributed by atoms with Gasteiger partial charge in [-0.3, -0.25) is 4.79 Å². The molecule has 2 N–H and O–H groups in total. The minimum Gasteiger partial charge on any atom is -0.384 e. The molecule has 2 aliphatic rings. The number of rotatable bonds is 5. The normalized spacial score (nSPS) is 18.1. The van der Waals surface area contributed by atoms with E-state index in [1.807, 2.05) is 18.2 Å². The maximum Gasteiger partial charge on any atom is 0.278 e. The summed E-state index contributed by atoms with van der Waals surface area (Å²) in [5.74, 6) is 0.937. The molecule has 4 aromatic rings. The highest BCUT2D eigenvalue weighted by atomic mass is 16.3. The molecule has 6 rings (SSSR count). The number of benzene rings is 1. The molecule has 4 heterocycles. The first-order valence-corrected chi connectivity index (χ1v) is 13.2. The van der Waals surface area contributed by atoms with Crippen molar-refractivity contribution in [3.05, 3.63) is 81.9 Å². The molecule has 1 aliphatic heterocycles. The number of aliphatic hydroxyl groups is 1. The molecule has 1 aromatic carbocycles. The van der Waals surface area contributed by atoms with Crippen LogP contribution in [0.15, 0.2) is 59.5 Å². The summed E-state index contributed by atoms with van der Waals surface area (Å²) in [7, 11) is 2.14. The van der Waals surface area contributed by atoms with Crippen molar-refractivity contribution in [3.63, 3.8) is 0 Å². The molecule has 9 nitrogen and oxygen atoms in total. The summed E-state index contributed by atoms with van der Waals surface area (Å²) in [6.45, 7) is 5.38. The first kappa shape index (κ1) is 24.5. The molecule has 0 fully saturated rings. The quantitative estimate of drug-likeness (QED) is 0.387. The second-order valence-electron chi connectivity index (χ2n) is 10.9. The number of anilines is 2. The van der Waals surface area contributed by atoms with Gasteiger partial charge in [-0.25, -0.2) is 19.3 Å². The van der Waals surface area contributed by atoms with Crippen LogP contribution in [0.5, 0.6) is 0 Å². The van der Waals surface area contributed by atoms with Gasteiger partial charge in [-0.2, -0.15) is 4.98 Å². The number of allylic oxidation sites excluding steroid dienone is 2. The third-order valence-corrected chi connectivity index (χ3v) is 7.41. The van der Waals surface area contributed by atoms with Crippen LogP contribution in [0.4, 0.5) is 11.6 Å². The Bertz CT molecular complexity index is 1600. The van der Waals surface area contributed by atoms with E-state index in [0.717, 1.165) is 44.5 Å². The van der Waals surface area contributed by atoms with Crippen molar-refractivity contribution < 1.29 is 5.11 Å². The first-order valence-electron chi connectivity index (χ1n) is 13.2. The van der Waals surface area contributed by atoms with E-state index >= 15 is 0 Å². The molecule has 1 atom stereocenters. The van der Waals surface area contributed by atoms with Gasteiger partial charge in [0.2, 0.25) is 5.95 Å². The van der Waals surface area contributed by atoms with Crippen LogP contribution >= 0.6 is 0 Å². The average Bonchev–Trinajstić information content (AvgIpc) is 3.20. The number of nitrogens with zero attached hydrogens (tertiary/aromatic N) is 6. The van der Waals surface area contributed by atoms with Crippen LogP contribution in [0.1, 0.15) is 56.0 Å². The number of likely N-dealkylation sites (N-methyl/N-ethyl adjacent to an activating group) is 1. The highest BCUT2D eigenvalue weighted by Crippen LogP contribution is 2.28. The Morgan fingerprint density at radius 3 is 2.79 bits per heavy atom. The highest BCUT2D eigenvalue weighted by Gasteiger charge is 2.25. The van der Waals surface area contributed by atoms with Gasteiger partial charge in [-0.1, -0.05) is 24.3 Å². The number of aromatic nitrogens is 5. The molecule has 0 saturated heterocycles. The largest absolute Gasteiger partial charge is 0.384 e. The van der Waals surface area contributed by atoms with Gasteiger partial charge >= 0.3 is 0 Å². The Kier molecular flexibility index (Phi) is 6.12. The summed E-state index contributed by atoms with van der Waals surface area (Å²) in [6.07, 6.45) is 9.65. The second kappa shape index (κ2) is 9.49. The molecular weight excluding hydrogens is 478 g/mol. The van der Waals surface area contributed by atoms with Crippen LogP contribution in [-0.2, 0) is 18.6 Å². The van der Waals surface area contributed by atoms with E-state index in [1.165, 1.54) is 11.1 Å². The van der Waals surface area contributed by atoms with Crippen molar-refractivity contribution in [2.75, 3.05) is 18.9 Å². The van der Waals surface area contributed by atoms with Crippen LogP contribution in [0, 0.1) is 0 Å². The van der Waals surface area contributed by atoms with Crippen LogP contribution in [0.2, 0.25) is 0 Å². The number of hydrogen-bond acceptors (Lipinski definition) is 7. The molecule has 0 bridgehead atoms. The number of hydrogen-bond donors (Lipinski definition) is 2. The van der Waals surface area contributed by atoms with Gasteiger partial charge in [-0.05, 0) is 82.0 Å². The topological polar surface area (TPSA) is 101 Å². The molecular formula is C29H33N7O2. The summed E-state index contributed by atoms with van der Waals surface area (Å²) in [5, 5.41) is 14.4. The van der Waals surface area contributed by atoms with Crippen LogP contribution < -0.4 is 10.9 Å². The summed E-state index contributed by atoms with van der Waals surface area (Å²) in [6, 6.07) is 11.7. The fourth-order valence-electron chi connectivity index (χ4n) is 5.36. The van der Waals surface area contributed by atoms with Crippen LogP contribution in [0.3, 0.4) is 0 Å². The van der Waals surface area contributed by atoms with Gasteiger partial charge in [0, 0.05) is 25.0 Å². The van der Waals surface area contributed by atoms with Gasteiger partial charge in [-0.15, -0.1) is 0 Å². The van der Waals surface area contributed by atoms with Crippen molar-refractivity contribution in [1.29, 1.82) is 0 Å². The summed E-state index contributed by atoms with van der Waals surface area (Å²) in [5.41, 5.74) is 3.29. The van der Waals surface area contributed by atoms with Gasteiger partial charge in [0.1, 0.15) is 11.0 Å². The lowest BCUT2D eigenvalue weighted by atomic mass is 9.99. The molecule has 0 amide bonds. The van der Waals surface area contributed by atoms with Crippen LogP contribution in [0.25, 0.3) is 16.9 Å². The van der Waals surface area contributed by atoms with Crippen molar-refractivity contribution in [2.24, 2.45) is 0 Å². The molecule has 1 unspecified atom stereocenters. The lowest BCUT2D eigenvalue weighted by Crippen LogP contribution is -2.28. The van der Waals surface area contributed by atoms with E-state index in [9.17, 15) is 9.90 Å². The van der Waals surface area contributed by atoms with E-state index < -0.39 is 5.60 Å². The summed E-state index contributed by atoms with van der Waals surface area (Å²) < 4.78 is 3.51. The molecule has 196 valence electrons. The molecule has 3 aromatic heterocycles. The van der Waals surface area contributed by atoms with Crippen molar-refractivity contribution in [1.82, 2.24) is 29.2 Å². The summed E-state index contributed by atoms with van der Waals surface area (Å²) in [4.78, 5) is 30.1. The lowest BCUT2D eigenvalue weighted by Gasteiger charge is -2.25. The Morgan fingerprint density at radius 2 is 2.00 bits per heavy atom. The standard InChI is InChI=1S/C29H33N7O2/c1-29(2,38)24-10-7-11-25(32-24)36-26-23(27(37)35(36)22-8-5-4-6-9-22)17-30-28(33-26)31-21-13-12-20-18-34(3)15-14-19(20)16-21/h5,7-8,10-13,16-17,22,38H,4,6,9,14-15,18H2,1-3H3,(H,30,31,33). The monoisotopic (exact) mass is 511 g/mol. The predicted octanol–water partition coefficient (Wildman–Crippen LogP) is 4.22. The zero-order valence-electron chi connectivity index (χ0n) is 22.1. The first-order chi connectivity index (χ1) is 18.3. The maximum absolute atomic E-state index is 13.7. The van der Waals surface area contributed by atoms with E-state index in [2.05, 4.69) is 46.5 Å². The molecule has 0 radical (unpaired) electrons. The van der Waals surface area contributed by atoms with E-state index in [0.29, 0.717) is 28.5 Å². The van der Waals surface area contributed by atoms with Crippen molar-refractivity contribution in [3.8, 4) is 5.82 Å². The fourth-order valence-corrected chi connectivity index (χ4v) is 5.36. The number of pyridine rings is 1. The van der Waals surface area contributed by atoms with Gasteiger partial charge in [0.25, 0.3) is 5.56 Å². The predicted molar refractivity (Wildman–Crippen MR) is 148 cm³/mol. The third kappa shape index (κ3) is 4.52. The summed E-state index contributed by atoms with van der Waals surface area (Å²) >= 11 is 0. The molecule has 38 heavy (non-hydrogen) atoms. The molecule has 1 aliphatic carbocycles. The SMILES string of the molecule is CN1CCc2cc(Nc3ncc4c(=O)n(C5C=CCCC5)n(-c5cccc(C(C)(C)O)n5)c4n3)ccc2C1. The highest BCUT2D eigenvalue weighted by molar-refractivity contribution is 5.77. The van der Waals surface area contributed by atoms with Gasteiger partial charge in [0.05, 0.1) is 11.7 Å². The van der Waals surface area contributed by atoms with Crippen molar-refractivity contribution in [2.45, 2.75) is 57.7 Å². The Morgan fingerprint density at radius 1 is 1.13 bits per heavy atom. The van der Waals surface area contributed by atoms with Gasteiger partial charge in [0.15, 0.2) is 11.5 Å². The minimum atomic E-state index is -1.13. The Balaban J connectivity index is 1.47. The number of nitrogens with one attached hydrogen (secondary N) is 1. The molecule has 9 heteroatoms. The van der Waals surface area contributed by atoms with E-state index in [1.54, 1.807) is 35.5 Å². The average molecular weight is 512 g/mol. The molecule has 0 saturated carbocycles. The van der Waals surface area contributed by atoms with Crippen LogP contribution in [-0.4, -0.2) is 47.9 Å². The number of fused-ring (bicyclic) bond motifs is 2. The van der Waals surface area contributed by atoms with E-state index in [4.69, 9.17) is 9.97 Å². The molecule has 0 spiro atoms. The third-order valence-electron chi connectivity index (χ3n) is 7.41. The van der Waals surface area contributed by atoms with Crippen molar-refractivity contribution >= 4 is 22.7 Å². The van der Waals surface area contributed by atoms with Gasteiger partial charge < -0.3 is 15.3 Å². The Hall–Kier alpha value is -3.82. The zero-order valence-corrected chi connectivity index (χ0v) is 22.1. The second-order valence-corrected chi connectivity index (χ2v) is 10.9. The van der Waals surface area contributed by atoms with E-state index in [-0.39, 0.29) is 11.6 Å².